The number of benzene rings is 4. The van der Waals surface area contributed by atoms with Crippen LogP contribution < -0.4 is 10.1 Å². The zero-order valence-electron chi connectivity index (χ0n) is 17.0. The fourth-order valence-electron chi connectivity index (χ4n) is 3.23. The molecule has 5 nitrogen and oxygen atoms in total. The van der Waals surface area contributed by atoms with Crippen LogP contribution in [-0.2, 0) is 4.79 Å². The van der Waals surface area contributed by atoms with Crippen molar-refractivity contribution in [3.8, 4) is 11.8 Å². The molecule has 5 heteroatoms. The number of ether oxygens (including phenoxy) is 1. The van der Waals surface area contributed by atoms with E-state index in [1.54, 1.807) is 54.6 Å². The first-order valence-corrected chi connectivity index (χ1v) is 9.92. The lowest BCUT2D eigenvalue weighted by Crippen LogP contribution is -2.13. The molecule has 1 N–H and O–H groups in total. The first-order chi connectivity index (χ1) is 15.6. The summed E-state index contributed by atoms with van der Waals surface area (Å²) in [6.07, 6.45) is 1.48. The number of amides is 1. The maximum absolute atomic E-state index is 12.7. The molecule has 0 saturated carbocycles. The number of nitriles is 1. The molecule has 0 aliphatic rings. The summed E-state index contributed by atoms with van der Waals surface area (Å²) in [6.45, 7) is 0. The lowest BCUT2D eigenvalue weighted by molar-refractivity contribution is -0.112. The highest BCUT2D eigenvalue weighted by Gasteiger charge is 2.13. The number of nitrogens with zero attached hydrogens (tertiary/aromatic N) is 1. The van der Waals surface area contributed by atoms with Crippen LogP contribution in [0.2, 0.25) is 0 Å². The normalized spacial score (nSPS) is 10.9. The molecule has 4 aromatic carbocycles. The molecular formula is C27H18N2O3. The summed E-state index contributed by atoms with van der Waals surface area (Å²) in [7, 11) is 0. The highest BCUT2D eigenvalue weighted by Crippen LogP contribution is 2.21. The monoisotopic (exact) mass is 418 g/mol. The van der Waals surface area contributed by atoms with Gasteiger partial charge in [-0.2, -0.15) is 5.26 Å². The zero-order chi connectivity index (χ0) is 22.3. The van der Waals surface area contributed by atoms with Crippen molar-refractivity contribution >= 4 is 34.4 Å². The molecule has 4 aromatic rings. The third kappa shape index (κ3) is 4.72. The van der Waals surface area contributed by atoms with Crippen LogP contribution in [0.25, 0.3) is 16.8 Å². The molecule has 0 bridgehead atoms. The zero-order valence-corrected chi connectivity index (χ0v) is 17.0. The smallest absolute Gasteiger partial charge is 0.344 e. The number of anilines is 1. The van der Waals surface area contributed by atoms with Crippen molar-refractivity contribution in [3.63, 3.8) is 0 Å². The highest BCUT2D eigenvalue weighted by molar-refractivity contribution is 6.09. The summed E-state index contributed by atoms with van der Waals surface area (Å²) in [6, 6.07) is 30.5. The molecule has 0 unspecified atom stereocenters. The van der Waals surface area contributed by atoms with E-state index in [-0.39, 0.29) is 5.57 Å². The molecule has 154 valence electrons. The maximum Gasteiger partial charge on any atom is 0.344 e. The molecule has 0 heterocycles. The van der Waals surface area contributed by atoms with Gasteiger partial charge in [-0.25, -0.2) is 4.79 Å². The molecule has 0 aliphatic heterocycles. The average molecular weight is 418 g/mol. The predicted octanol–water partition coefficient (Wildman–Crippen LogP) is 5.60. The number of esters is 1. The Bertz CT molecular complexity index is 1350. The van der Waals surface area contributed by atoms with E-state index in [4.69, 9.17) is 4.74 Å². The average Bonchev–Trinajstić information content (AvgIpc) is 2.83. The minimum atomic E-state index is -0.495. The fraction of sp³-hybridized carbons (Fsp3) is 0. The Morgan fingerprint density at radius 2 is 1.50 bits per heavy atom. The van der Waals surface area contributed by atoms with Crippen molar-refractivity contribution in [2.45, 2.75) is 0 Å². The van der Waals surface area contributed by atoms with Crippen LogP contribution >= 0.6 is 0 Å². The Labute approximate surface area is 185 Å². The number of fused-ring (bicyclic) bond motifs is 1. The summed E-state index contributed by atoms with van der Waals surface area (Å²) in [5.74, 6) is -0.581. The van der Waals surface area contributed by atoms with Gasteiger partial charge in [0.1, 0.15) is 17.4 Å². The summed E-state index contributed by atoms with van der Waals surface area (Å²) in [4.78, 5) is 25.0. The molecule has 0 aliphatic carbocycles. The Morgan fingerprint density at radius 3 is 2.25 bits per heavy atom. The van der Waals surface area contributed by atoms with Crippen LogP contribution in [0, 0.1) is 11.3 Å². The maximum atomic E-state index is 12.7. The Balaban J connectivity index is 1.48. The Kier molecular flexibility index (Phi) is 6.05. The predicted molar refractivity (Wildman–Crippen MR) is 124 cm³/mol. The molecule has 32 heavy (non-hydrogen) atoms. The number of rotatable bonds is 5. The summed E-state index contributed by atoms with van der Waals surface area (Å²) in [5, 5.41) is 13.8. The third-order valence-electron chi connectivity index (χ3n) is 4.81. The van der Waals surface area contributed by atoms with Gasteiger partial charge in [-0.15, -0.1) is 0 Å². The molecule has 1 amide bonds. The molecule has 0 spiro atoms. The van der Waals surface area contributed by atoms with E-state index in [2.05, 4.69) is 5.32 Å². The number of hydrogen-bond acceptors (Lipinski definition) is 4. The molecule has 0 radical (unpaired) electrons. The van der Waals surface area contributed by atoms with E-state index in [1.165, 1.54) is 6.08 Å². The quantitative estimate of drug-likeness (QED) is 0.198. The SMILES string of the molecule is N#C/C(=C\c1ccc(OC(=O)c2cccc3ccccc23)cc1)C(=O)Nc1ccccc1. The van der Waals surface area contributed by atoms with Gasteiger partial charge in [0, 0.05) is 5.69 Å². The molecule has 0 saturated heterocycles. The van der Waals surface area contributed by atoms with E-state index in [1.807, 2.05) is 48.5 Å². The van der Waals surface area contributed by atoms with Crippen LogP contribution in [0.4, 0.5) is 5.69 Å². The van der Waals surface area contributed by atoms with Crippen molar-refractivity contribution in [2.75, 3.05) is 5.32 Å². The van der Waals surface area contributed by atoms with Crippen LogP contribution in [-0.4, -0.2) is 11.9 Å². The van der Waals surface area contributed by atoms with Gasteiger partial charge in [0.2, 0.25) is 0 Å². The highest BCUT2D eigenvalue weighted by atomic mass is 16.5. The van der Waals surface area contributed by atoms with Gasteiger partial charge in [-0.3, -0.25) is 4.79 Å². The molecule has 0 aromatic heterocycles. The van der Waals surface area contributed by atoms with Crippen molar-refractivity contribution in [3.05, 3.63) is 114 Å². The lowest BCUT2D eigenvalue weighted by Gasteiger charge is -2.08. The van der Waals surface area contributed by atoms with Crippen LogP contribution in [0.15, 0.2) is 103 Å². The van der Waals surface area contributed by atoms with Gasteiger partial charge in [-0.05, 0) is 52.7 Å². The summed E-state index contributed by atoms with van der Waals surface area (Å²) in [5.41, 5.74) is 1.69. The summed E-state index contributed by atoms with van der Waals surface area (Å²) >= 11 is 0. The lowest BCUT2D eigenvalue weighted by atomic mass is 10.0. The second-order valence-corrected chi connectivity index (χ2v) is 6.98. The Hall–Kier alpha value is -4.69. The van der Waals surface area contributed by atoms with Crippen LogP contribution in [0.1, 0.15) is 15.9 Å². The van der Waals surface area contributed by atoms with Gasteiger partial charge < -0.3 is 10.1 Å². The molecular weight excluding hydrogens is 400 g/mol. The Morgan fingerprint density at radius 1 is 0.812 bits per heavy atom. The number of carbonyl (C=O) groups is 2. The second-order valence-electron chi connectivity index (χ2n) is 6.98. The minimum absolute atomic E-state index is 0.0330. The van der Waals surface area contributed by atoms with E-state index in [9.17, 15) is 14.9 Å². The number of carbonyl (C=O) groups excluding carboxylic acids is 2. The van der Waals surface area contributed by atoms with Gasteiger partial charge in [0.15, 0.2) is 0 Å². The van der Waals surface area contributed by atoms with Crippen molar-refractivity contribution in [2.24, 2.45) is 0 Å². The first-order valence-electron chi connectivity index (χ1n) is 9.92. The number of nitrogens with one attached hydrogen (secondary N) is 1. The van der Waals surface area contributed by atoms with Crippen molar-refractivity contribution in [1.82, 2.24) is 0 Å². The van der Waals surface area contributed by atoms with E-state index >= 15 is 0 Å². The van der Waals surface area contributed by atoms with Crippen LogP contribution in [0.5, 0.6) is 5.75 Å². The largest absolute Gasteiger partial charge is 0.423 e. The van der Waals surface area contributed by atoms with E-state index in [0.29, 0.717) is 22.6 Å². The number of hydrogen-bond donors (Lipinski definition) is 1. The molecule has 4 rings (SSSR count). The minimum Gasteiger partial charge on any atom is -0.423 e. The number of para-hydroxylation sites is 1. The third-order valence-corrected chi connectivity index (χ3v) is 4.81. The summed E-state index contributed by atoms with van der Waals surface area (Å²) < 4.78 is 5.52. The van der Waals surface area contributed by atoms with Crippen LogP contribution in [0.3, 0.4) is 0 Å². The van der Waals surface area contributed by atoms with Crippen molar-refractivity contribution < 1.29 is 14.3 Å². The first kappa shape index (κ1) is 20.6. The van der Waals surface area contributed by atoms with E-state index in [0.717, 1.165) is 10.8 Å². The van der Waals surface area contributed by atoms with Gasteiger partial charge >= 0.3 is 5.97 Å². The fourth-order valence-corrected chi connectivity index (χ4v) is 3.23. The van der Waals surface area contributed by atoms with Gasteiger partial charge in [-0.1, -0.05) is 66.7 Å². The molecule has 0 atom stereocenters. The molecule has 0 fully saturated rings. The topological polar surface area (TPSA) is 79.2 Å². The van der Waals surface area contributed by atoms with Crippen molar-refractivity contribution in [1.29, 1.82) is 5.26 Å². The van der Waals surface area contributed by atoms with Gasteiger partial charge in [0.05, 0.1) is 5.56 Å². The standard InChI is InChI=1S/C27H18N2O3/c28-18-21(26(30)29-22-9-2-1-3-10-22)17-19-13-15-23(16-14-19)32-27(31)25-12-6-8-20-7-4-5-11-24(20)25/h1-17H,(H,29,30)/b21-17+. The second kappa shape index (κ2) is 9.41. The van der Waals surface area contributed by atoms with Gasteiger partial charge in [0.25, 0.3) is 5.91 Å². The van der Waals surface area contributed by atoms with E-state index < -0.39 is 11.9 Å².